The van der Waals surface area contributed by atoms with E-state index in [0.717, 1.165) is 41.1 Å². The molecule has 1 amide bonds. The molecule has 0 radical (unpaired) electrons. The van der Waals surface area contributed by atoms with Gasteiger partial charge in [0.2, 0.25) is 0 Å². The zero-order chi connectivity index (χ0) is 20.2. The molecule has 0 atom stereocenters. The van der Waals surface area contributed by atoms with Gasteiger partial charge in [-0.1, -0.05) is 12.1 Å². The summed E-state index contributed by atoms with van der Waals surface area (Å²) in [7, 11) is 1.67. The molecule has 1 aromatic carbocycles. The molecule has 0 saturated carbocycles. The molecule has 0 aliphatic carbocycles. The van der Waals surface area contributed by atoms with E-state index in [9.17, 15) is 4.79 Å². The van der Waals surface area contributed by atoms with Gasteiger partial charge in [0.15, 0.2) is 0 Å². The van der Waals surface area contributed by atoms with Gasteiger partial charge in [-0.2, -0.15) is 0 Å². The van der Waals surface area contributed by atoms with Crippen molar-refractivity contribution in [3.63, 3.8) is 0 Å². The van der Waals surface area contributed by atoms with Crippen molar-refractivity contribution in [2.24, 2.45) is 0 Å². The number of benzene rings is 1. The lowest BCUT2D eigenvalue weighted by Gasteiger charge is -2.31. The Morgan fingerprint density at radius 2 is 1.83 bits per heavy atom. The highest BCUT2D eigenvalue weighted by molar-refractivity contribution is 5.92. The summed E-state index contributed by atoms with van der Waals surface area (Å²) in [6, 6.07) is 12.4. The molecule has 2 aromatic heterocycles. The van der Waals surface area contributed by atoms with Crippen molar-refractivity contribution in [3.05, 3.63) is 72.1 Å². The van der Waals surface area contributed by atoms with E-state index in [1.807, 2.05) is 24.0 Å². The fourth-order valence-electron chi connectivity index (χ4n) is 3.80. The molecule has 6 heteroatoms. The van der Waals surface area contributed by atoms with Gasteiger partial charge in [-0.15, -0.1) is 0 Å². The summed E-state index contributed by atoms with van der Waals surface area (Å²) in [6.45, 7) is 3.43. The van der Waals surface area contributed by atoms with Gasteiger partial charge < -0.3 is 9.64 Å². The largest absolute Gasteiger partial charge is 0.497 e. The SMILES string of the molecule is COc1ccc(-c2cc(C)nc(C3CCN(C(=O)c4cnccn4)CC3)c2)cc1. The second-order valence-electron chi connectivity index (χ2n) is 7.31. The van der Waals surface area contributed by atoms with Gasteiger partial charge in [0.25, 0.3) is 5.91 Å². The van der Waals surface area contributed by atoms with Crippen LogP contribution in [0.1, 0.15) is 40.6 Å². The standard InChI is InChI=1S/C23H24N4O2/c1-16-13-19(17-3-5-20(29-2)6-4-17)14-21(26-16)18-7-11-27(12-8-18)23(28)22-15-24-9-10-25-22/h3-6,9-10,13-15,18H,7-8,11-12H2,1-2H3. The van der Waals surface area contributed by atoms with E-state index in [1.165, 1.54) is 6.20 Å². The van der Waals surface area contributed by atoms with E-state index in [-0.39, 0.29) is 5.91 Å². The molecule has 1 aliphatic heterocycles. The fourth-order valence-corrected chi connectivity index (χ4v) is 3.80. The van der Waals surface area contributed by atoms with Crippen LogP contribution in [0.4, 0.5) is 0 Å². The number of nitrogens with zero attached hydrogens (tertiary/aromatic N) is 4. The highest BCUT2D eigenvalue weighted by atomic mass is 16.5. The lowest BCUT2D eigenvalue weighted by atomic mass is 9.91. The number of aryl methyl sites for hydroxylation is 1. The molecule has 1 saturated heterocycles. The summed E-state index contributed by atoms with van der Waals surface area (Å²) in [5.74, 6) is 1.14. The van der Waals surface area contributed by atoms with Gasteiger partial charge in [0.05, 0.1) is 13.3 Å². The molecule has 1 fully saturated rings. The van der Waals surface area contributed by atoms with Crippen LogP contribution in [-0.4, -0.2) is 46.0 Å². The summed E-state index contributed by atoms with van der Waals surface area (Å²) >= 11 is 0. The first-order chi connectivity index (χ1) is 14.1. The molecule has 148 valence electrons. The molecular weight excluding hydrogens is 364 g/mol. The van der Waals surface area contributed by atoms with Crippen LogP contribution in [0.15, 0.2) is 55.0 Å². The second kappa shape index (κ2) is 8.39. The van der Waals surface area contributed by atoms with Crippen LogP contribution in [0.5, 0.6) is 5.75 Å². The van der Waals surface area contributed by atoms with Crippen LogP contribution in [0.3, 0.4) is 0 Å². The third-order valence-electron chi connectivity index (χ3n) is 5.38. The first-order valence-corrected chi connectivity index (χ1v) is 9.82. The molecule has 1 aliphatic rings. The Morgan fingerprint density at radius 1 is 1.07 bits per heavy atom. The highest BCUT2D eigenvalue weighted by Gasteiger charge is 2.26. The summed E-state index contributed by atoms with van der Waals surface area (Å²) < 4.78 is 5.26. The molecule has 0 unspecified atom stereocenters. The Morgan fingerprint density at radius 3 is 2.48 bits per heavy atom. The molecule has 0 N–H and O–H groups in total. The minimum absolute atomic E-state index is 0.0485. The number of likely N-dealkylation sites (tertiary alicyclic amines) is 1. The average Bonchev–Trinajstić information content (AvgIpc) is 2.79. The number of hydrogen-bond donors (Lipinski definition) is 0. The maximum absolute atomic E-state index is 12.6. The number of rotatable bonds is 4. The summed E-state index contributed by atoms with van der Waals surface area (Å²) in [4.78, 5) is 27.4. The maximum Gasteiger partial charge on any atom is 0.274 e. The maximum atomic E-state index is 12.6. The number of carbonyl (C=O) groups excluding carboxylic acids is 1. The second-order valence-corrected chi connectivity index (χ2v) is 7.31. The number of hydrogen-bond acceptors (Lipinski definition) is 5. The van der Waals surface area contributed by atoms with Crippen LogP contribution >= 0.6 is 0 Å². The molecule has 4 rings (SSSR count). The van der Waals surface area contributed by atoms with E-state index < -0.39 is 0 Å². The highest BCUT2D eigenvalue weighted by Crippen LogP contribution is 2.31. The van der Waals surface area contributed by atoms with E-state index in [2.05, 4.69) is 34.2 Å². The van der Waals surface area contributed by atoms with Gasteiger partial charge in [0.1, 0.15) is 11.4 Å². The lowest BCUT2D eigenvalue weighted by Crippen LogP contribution is -2.38. The van der Waals surface area contributed by atoms with E-state index in [4.69, 9.17) is 9.72 Å². The summed E-state index contributed by atoms with van der Waals surface area (Å²) in [5.41, 5.74) is 4.82. The fraction of sp³-hybridized carbons (Fsp3) is 0.304. The number of aromatic nitrogens is 3. The van der Waals surface area contributed by atoms with Crippen LogP contribution in [0.2, 0.25) is 0 Å². The third-order valence-corrected chi connectivity index (χ3v) is 5.38. The van der Waals surface area contributed by atoms with E-state index in [1.54, 1.807) is 19.5 Å². The monoisotopic (exact) mass is 388 g/mol. The molecule has 0 spiro atoms. The first kappa shape index (κ1) is 19.1. The molecule has 3 heterocycles. The Labute approximate surface area is 170 Å². The summed E-state index contributed by atoms with van der Waals surface area (Å²) in [6.07, 6.45) is 6.44. The van der Waals surface area contributed by atoms with Crippen LogP contribution < -0.4 is 4.74 Å². The zero-order valence-electron chi connectivity index (χ0n) is 16.7. The zero-order valence-corrected chi connectivity index (χ0v) is 16.7. The van der Waals surface area contributed by atoms with Gasteiger partial charge >= 0.3 is 0 Å². The van der Waals surface area contributed by atoms with E-state index >= 15 is 0 Å². The van der Waals surface area contributed by atoms with Gasteiger partial charge in [-0.3, -0.25) is 14.8 Å². The molecule has 6 nitrogen and oxygen atoms in total. The molecule has 29 heavy (non-hydrogen) atoms. The van der Waals surface area contributed by atoms with Crippen LogP contribution in [-0.2, 0) is 0 Å². The Hall–Kier alpha value is -3.28. The van der Waals surface area contributed by atoms with Crippen molar-refractivity contribution in [1.82, 2.24) is 19.9 Å². The van der Waals surface area contributed by atoms with Crippen molar-refractivity contribution >= 4 is 5.91 Å². The lowest BCUT2D eigenvalue weighted by molar-refractivity contribution is 0.0705. The number of amides is 1. The van der Waals surface area contributed by atoms with Crippen molar-refractivity contribution in [1.29, 1.82) is 0 Å². The molecule has 3 aromatic rings. The quantitative estimate of drug-likeness (QED) is 0.679. The third kappa shape index (κ3) is 4.26. The minimum atomic E-state index is -0.0485. The van der Waals surface area contributed by atoms with Crippen molar-refractivity contribution in [2.75, 3.05) is 20.2 Å². The van der Waals surface area contributed by atoms with Crippen molar-refractivity contribution < 1.29 is 9.53 Å². The normalized spacial score (nSPS) is 14.6. The van der Waals surface area contributed by atoms with E-state index in [0.29, 0.717) is 24.7 Å². The molecular formula is C23H24N4O2. The first-order valence-electron chi connectivity index (χ1n) is 9.82. The van der Waals surface area contributed by atoms with Crippen molar-refractivity contribution in [2.45, 2.75) is 25.7 Å². The Bertz CT molecular complexity index is 982. The average molecular weight is 388 g/mol. The minimum Gasteiger partial charge on any atom is -0.497 e. The van der Waals surface area contributed by atoms with Gasteiger partial charge in [0, 0.05) is 42.8 Å². The molecule has 0 bridgehead atoms. The predicted molar refractivity (Wildman–Crippen MR) is 111 cm³/mol. The topological polar surface area (TPSA) is 68.2 Å². The van der Waals surface area contributed by atoms with Crippen molar-refractivity contribution in [3.8, 4) is 16.9 Å². The predicted octanol–water partition coefficient (Wildman–Crippen LogP) is 3.88. The number of methoxy groups -OCH3 is 1. The van der Waals surface area contributed by atoms with Gasteiger partial charge in [-0.25, -0.2) is 4.98 Å². The Balaban J connectivity index is 1.48. The Kier molecular flexibility index (Phi) is 5.51. The summed E-state index contributed by atoms with van der Waals surface area (Å²) in [5, 5.41) is 0. The number of carbonyl (C=O) groups is 1. The smallest absolute Gasteiger partial charge is 0.274 e. The number of piperidine rings is 1. The van der Waals surface area contributed by atoms with Crippen LogP contribution in [0.25, 0.3) is 11.1 Å². The van der Waals surface area contributed by atoms with Crippen LogP contribution in [0, 0.1) is 6.92 Å². The van der Waals surface area contributed by atoms with Gasteiger partial charge in [-0.05, 0) is 55.2 Å². The number of pyridine rings is 1. The number of ether oxygens (including phenoxy) is 1.